The average molecular weight is 448 g/mol. The van der Waals surface area contributed by atoms with Gasteiger partial charge in [0, 0.05) is 23.4 Å². The Morgan fingerprint density at radius 2 is 2.10 bits per heavy atom. The highest BCUT2D eigenvalue weighted by atomic mass is 32.1. The molecule has 2 heterocycles. The van der Waals surface area contributed by atoms with Gasteiger partial charge in [0.2, 0.25) is 5.88 Å². The monoisotopic (exact) mass is 447 g/mol. The number of carboxylic acid groups (broad SMARTS) is 1. The van der Waals surface area contributed by atoms with Crippen molar-refractivity contribution in [2.24, 2.45) is 4.99 Å². The fourth-order valence-electron chi connectivity index (χ4n) is 3.00. The van der Waals surface area contributed by atoms with Crippen molar-refractivity contribution in [2.45, 2.75) is 51.7 Å². The highest BCUT2D eigenvalue weighted by Crippen LogP contribution is 2.34. The lowest BCUT2D eigenvalue weighted by molar-refractivity contribution is -0.128. The number of aliphatic carboxylic acids is 1. The van der Waals surface area contributed by atoms with Gasteiger partial charge in [0.15, 0.2) is 10.9 Å². The number of nitrogens with one attached hydrogen (secondary N) is 2. The predicted molar refractivity (Wildman–Crippen MR) is 117 cm³/mol. The fourth-order valence-corrected chi connectivity index (χ4v) is 4.08. The van der Waals surface area contributed by atoms with E-state index in [2.05, 4.69) is 25.6 Å². The van der Waals surface area contributed by atoms with Crippen LogP contribution >= 0.6 is 11.3 Å². The average Bonchev–Trinajstić information content (AvgIpc) is 3.06. The second-order valence-corrected chi connectivity index (χ2v) is 9.00. The molecule has 3 N–H and O–H groups in total. The Morgan fingerprint density at radius 1 is 1.32 bits per heavy atom. The van der Waals surface area contributed by atoms with Crippen LogP contribution in [0, 0.1) is 0 Å². The van der Waals surface area contributed by atoms with Gasteiger partial charge in [-0.2, -0.15) is 4.98 Å². The zero-order chi connectivity index (χ0) is 22.6. The molecular weight excluding hydrogens is 422 g/mol. The Bertz CT molecular complexity index is 998. The van der Waals surface area contributed by atoms with Crippen molar-refractivity contribution >= 4 is 46.3 Å². The lowest BCUT2D eigenvalue weighted by Gasteiger charge is -2.25. The smallest absolute Gasteiger partial charge is 0.407 e. The molecule has 0 bridgehead atoms. The number of hydrogen-bond donors (Lipinski definition) is 3. The Morgan fingerprint density at radius 3 is 2.77 bits per heavy atom. The molecule has 2 aromatic heterocycles. The van der Waals surface area contributed by atoms with Gasteiger partial charge in [-0.3, -0.25) is 0 Å². The Labute approximate surface area is 183 Å². The molecule has 0 aromatic carbocycles. The minimum absolute atomic E-state index is 0.0266. The molecule has 1 unspecified atom stereocenters. The first-order chi connectivity index (χ1) is 14.6. The molecule has 0 fully saturated rings. The number of carboxylic acids is 1. The largest absolute Gasteiger partial charge is 0.481 e. The number of carbonyl (C=O) groups excluding carboxylic acids is 1. The number of nitrogens with zero attached hydrogens (tertiary/aromatic N) is 3. The van der Waals surface area contributed by atoms with Gasteiger partial charge in [-0.15, -0.1) is 11.3 Å². The molecule has 166 valence electrons. The number of aliphatic imine (C=N–C) groups is 1. The number of pyridine rings is 1. The number of aromatic nitrogens is 2. The van der Waals surface area contributed by atoms with Crippen LogP contribution in [0.4, 0.5) is 21.4 Å². The summed E-state index contributed by atoms with van der Waals surface area (Å²) in [6.45, 7) is 5.48. The first-order valence-electron chi connectivity index (χ1n) is 9.70. The van der Waals surface area contributed by atoms with Crippen LogP contribution in [0.2, 0.25) is 0 Å². The zero-order valence-electron chi connectivity index (χ0n) is 17.8. The summed E-state index contributed by atoms with van der Waals surface area (Å²) in [5.41, 5.74) is 0.768. The maximum Gasteiger partial charge on any atom is 0.407 e. The van der Waals surface area contributed by atoms with Crippen molar-refractivity contribution in [1.82, 2.24) is 15.3 Å². The van der Waals surface area contributed by atoms with Crippen LogP contribution in [0.5, 0.6) is 5.88 Å². The fraction of sp³-hybridized carbons (Fsp3) is 0.450. The Balaban J connectivity index is 1.73. The molecule has 0 saturated heterocycles. The quantitative estimate of drug-likeness (QED) is 0.573. The minimum atomic E-state index is -1.16. The number of rotatable bonds is 6. The van der Waals surface area contributed by atoms with Crippen LogP contribution in [-0.2, 0) is 22.4 Å². The standard InChI is InChI=1S/C20H25N5O5S/c1-20(2,3)30-19(28)22-11-5-6-12-14(9-11)31-18(23-12)25-17-13(21-10-16(26)27)7-8-15(24-17)29-4/h7-8,10-11H,5-6,9H2,1-4H3,(H,22,28)(H,26,27)(H,23,24,25)/b21-10+. The van der Waals surface area contributed by atoms with Crippen LogP contribution in [0.15, 0.2) is 17.1 Å². The van der Waals surface area contributed by atoms with E-state index < -0.39 is 17.7 Å². The van der Waals surface area contributed by atoms with Crippen molar-refractivity contribution < 1.29 is 24.2 Å². The number of ether oxygens (including phenoxy) is 2. The van der Waals surface area contributed by atoms with Crippen molar-refractivity contribution in [3.8, 4) is 5.88 Å². The molecule has 31 heavy (non-hydrogen) atoms. The van der Waals surface area contributed by atoms with Gasteiger partial charge in [-0.25, -0.2) is 19.6 Å². The first kappa shape index (κ1) is 22.5. The highest BCUT2D eigenvalue weighted by Gasteiger charge is 2.26. The summed E-state index contributed by atoms with van der Waals surface area (Å²) in [4.78, 5) is 36.8. The van der Waals surface area contributed by atoms with Gasteiger partial charge >= 0.3 is 12.1 Å². The van der Waals surface area contributed by atoms with Crippen LogP contribution in [0.1, 0.15) is 37.8 Å². The summed E-state index contributed by atoms with van der Waals surface area (Å²) in [6.07, 6.45) is 2.52. The van der Waals surface area contributed by atoms with E-state index in [-0.39, 0.29) is 6.04 Å². The van der Waals surface area contributed by atoms with Crippen molar-refractivity contribution in [3.63, 3.8) is 0 Å². The van der Waals surface area contributed by atoms with Crippen molar-refractivity contribution in [3.05, 3.63) is 22.7 Å². The molecule has 0 spiro atoms. The summed E-state index contributed by atoms with van der Waals surface area (Å²) in [7, 11) is 1.49. The van der Waals surface area contributed by atoms with E-state index in [1.807, 2.05) is 20.8 Å². The molecule has 11 heteroatoms. The number of anilines is 2. The molecule has 10 nitrogen and oxygen atoms in total. The number of hydrogen-bond acceptors (Lipinski definition) is 9. The Hall–Kier alpha value is -3.21. The Kier molecular flexibility index (Phi) is 6.74. The van der Waals surface area contributed by atoms with Crippen LogP contribution in [0.25, 0.3) is 0 Å². The van der Waals surface area contributed by atoms with E-state index in [0.29, 0.717) is 28.9 Å². The number of amides is 1. The number of aryl methyl sites for hydroxylation is 1. The minimum Gasteiger partial charge on any atom is -0.481 e. The SMILES string of the molecule is COc1ccc(/N=C/C(=O)O)c(Nc2nc3c(s2)CC(NC(=O)OC(C)(C)C)CC3)n1. The molecule has 1 atom stereocenters. The molecule has 0 saturated carbocycles. The third-order valence-corrected chi connectivity index (χ3v) is 5.29. The highest BCUT2D eigenvalue weighted by molar-refractivity contribution is 7.15. The molecule has 0 aliphatic heterocycles. The van der Waals surface area contributed by atoms with Crippen LogP contribution < -0.4 is 15.4 Å². The second-order valence-electron chi connectivity index (χ2n) is 7.92. The molecular formula is C20H25N5O5S. The van der Waals surface area contributed by atoms with Gasteiger partial charge in [-0.1, -0.05) is 0 Å². The zero-order valence-corrected chi connectivity index (χ0v) is 18.6. The number of carbonyl (C=O) groups is 2. The van der Waals surface area contributed by atoms with Gasteiger partial charge in [-0.05, 0) is 39.7 Å². The summed E-state index contributed by atoms with van der Waals surface area (Å²) < 4.78 is 10.5. The maximum atomic E-state index is 12.1. The molecule has 2 aromatic rings. The van der Waals surface area contributed by atoms with E-state index in [0.717, 1.165) is 29.6 Å². The van der Waals surface area contributed by atoms with E-state index in [4.69, 9.17) is 14.6 Å². The van der Waals surface area contributed by atoms with E-state index in [9.17, 15) is 9.59 Å². The first-order valence-corrected chi connectivity index (χ1v) is 10.5. The lowest BCUT2D eigenvalue weighted by Crippen LogP contribution is -2.41. The summed E-state index contributed by atoms with van der Waals surface area (Å²) >= 11 is 1.46. The van der Waals surface area contributed by atoms with Crippen LogP contribution in [0.3, 0.4) is 0 Å². The molecule has 1 aliphatic carbocycles. The number of methoxy groups -OCH3 is 1. The van der Waals surface area contributed by atoms with Gasteiger partial charge in [0.25, 0.3) is 0 Å². The maximum absolute atomic E-state index is 12.1. The van der Waals surface area contributed by atoms with E-state index in [1.165, 1.54) is 18.4 Å². The predicted octanol–water partition coefficient (Wildman–Crippen LogP) is 3.46. The summed E-state index contributed by atoms with van der Waals surface area (Å²) in [6, 6.07) is 3.18. The van der Waals surface area contributed by atoms with Gasteiger partial charge < -0.3 is 25.2 Å². The third-order valence-electron chi connectivity index (χ3n) is 4.26. The third kappa shape index (κ3) is 6.38. The lowest BCUT2D eigenvalue weighted by atomic mass is 9.98. The molecule has 1 amide bonds. The topological polar surface area (TPSA) is 135 Å². The second kappa shape index (κ2) is 9.29. The van der Waals surface area contributed by atoms with Crippen LogP contribution in [-0.4, -0.2) is 52.1 Å². The molecule has 0 radical (unpaired) electrons. The summed E-state index contributed by atoms with van der Waals surface area (Å²) in [5, 5.41) is 15.5. The van der Waals surface area contributed by atoms with E-state index in [1.54, 1.807) is 12.1 Å². The molecule has 1 aliphatic rings. The normalized spacial score (nSPS) is 15.9. The molecule has 3 rings (SSSR count). The van der Waals surface area contributed by atoms with Crippen molar-refractivity contribution in [2.75, 3.05) is 12.4 Å². The number of alkyl carbamates (subject to hydrolysis) is 1. The van der Waals surface area contributed by atoms with Crippen molar-refractivity contribution in [1.29, 1.82) is 0 Å². The number of fused-ring (bicyclic) bond motifs is 1. The van der Waals surface area contributed by atoms with Gasteiger partial charge in [0.1, 0.15) is 17.5 Å². The van der Waals surface area contributed by atoms with Gasteiger partial charge in [0.05, 0.1) is 12.8 Å². The summed E-state index contributed by atoms with van der Waals surface area (Å²) in [5.74, 6) is -0.457. The number of thiazole rings is 1. The van der Waals surface area contributed by atoms with E-state index >= 15 is 0 Å².